The molecule has 2 heteroatoms. The first-order chi connectivity index (χ1) is 5.58. The van der Waals surface area contributed by atoms with Crippen LogP contribution in [0, 0.1) is 11.8 Å². The Kier molecular flexibility index (Phi) is 3.78. The summed E-state index contributed by atoms with van der Waals surface area (Å²) < 4.78 is 5.93. The van der Waals surface area contributed by atoms with Gasteiger partial charge >= 0.3 is 0 Å². The Hall–Kier alpha value is 0.177. The second kappa shape index (κ2) is 4.42. The molecule has 1 saturated carbocycles. The van der Waals surface area contributed by atoms with Crippen LogP contribution in [0.2, 0.25) is 13.1 Å². The highest BCUT2D eigenvalue weighted by Gasteiger charge is 2.24. The Morgan fingerprint density at radius 2 is 1.50 bits per heavy atom. The van der Waals surface area contributed by atoms with Crippen LogP contribution in [0.3, 0.4) is 0 Å². The summed E-state index contributed by atoms with van der Waals surface area (Å²) in [6.45, 7) is 9.16. The fourth-order valence-electron chi connectivity index (χ4n) is 2.30. The molecule has 0 aliphatic heterocycles. The molecule has 1 fully saturated rings. The van der Waals surface area contributed by atoms with Crippen molar-refractivity contribution < 1.29 is 4.43 Å². The molecular formula is C10H21OSi. The molecule has 0 amide bonds. The van der Waals surface area contributed by atoms with Gasteiger partial charge < -0.3 is 4.43 Å². The van der Waals surface area contributed by atoms with E-state index in [4.69, 9.17) is 4.43 Å². The summed E-state index contributed by atoms with van der Waals surface area (Å²) in [6, 6.07) is 0. The van der Waals surface area contributed by atoms with Gasteiger partial charge in [-0.25, -0.2) is 0 Å². The molecule has 0 heterocycles. The average molecular weight is 185 g/mol. The molecule has 0 saturated heterocycles. The first-order valence-electron chi connectivity index (χ1n) is 5.04. The van der Waals surface area contributed by atoms with Crippen LogP contribution in [-0.2, 0) is 4.43 Å². The Balaban J connectivity index is 2.34. The molecule has 0 aromatic carbocycles. The monoisotopic (exact) mass is 185 g/mol. The number of hydrogen-bond donors (Lipinski definition) is 0. The maximum atomic E-state index is 5.93. The van der Waals surface area contributed by atoms with Crippen molar-refractivity contribution >= 4 is 9.04 Å². The Labute approximate surface area is 78.2 Å². The first-order valence-corrected chi connectivity index (χ1v) is 7.45. The van der Waals surface area contributed by atoms with Crippen LogP contribution in [0.25, 0.3) is 0 Å². The van der Waals surface area contributed by atoms with Crippen molar-refractivity contribution in [3.63, 3.8) is 0 Å². The second-order valence-electron chi connectivity index (χ2n) is 4.57. The van der Waals surface area contributed by atoms with Crippen molar-refractivity contribution in [1.82, 2.24) is 0 Å². The average Bonchev–Trinajstić information content (AvgIpc) is 1.81. The van der Waals surface area contributed by atoms with Crippen molar-refractivity contribution in [3.05, 3.63) is 0 Å². The fraction of sp³-hybridized carbons (Fsp3) is 1.00. The summed E-state index contributed by atoms with van der Waals surface area (Å²) in [6.07, 6.45) is 4.56. The van der Waals surface area contributed by atoms with Crippen LogP contribution in [0.5, 0.6) is 0 Å². The second-order valence-corrected chi connectivity index (χ2v) is 6.62. The Morgan fingerprint density at radius 1 is 1.00 bits per heavy atom. The lowest BCUT2D eigenvalue weighted by molar-refractivity contribution is 0.101. The highest BCUT2D eigenvalue weighted by molar-refractivity contribution is 6.48. The van der Waals surface area contributed by atoms with Crippen LogP contribution in [0.15, 0.2) is 0 Å². The fourth-order valence-corrected chi connectivity index (χ4v) is 3.16. The highest BCUT2D eigenvalue weighted by Crippen LogP contribution is 2.30. The van der Waals surface area contributed by atoms with Gasteiger partial charge in [-0.05, 0) is 44.2 Å². The zero-order valence-electron chi connectivity index (χ0n) is 8.76. The van der Waals surface area contributed by atoms with Gasteiger partial charge in [-0.1, -0.05) is 13.8 Å². The van der Waals surface area contributed by atoms with Crippen molar-refractivity contribution in [2.45, 2.75) is 52.3 Å². The quantitative estimate of drug-likeness (QED) is 0.601. The molecular weight excluding hydrogens is 164 g/mol. The zero-order valence-corrected chi connectivity index (χ0v) is 9.76. The molecule has 1 nitrogen and oxygen atoms in total. The van der Waals surface area contributed by atoms with E-state index in [-0.39, 0.29) is 0 Å². The molecule has 2 unspecified atom stereocenters. The van der Waals surface area contributed by atoms with Crippen molar-refractivity contribution in [1.29, 1.82) is 0 Å². The van der Waals surface area contributed by atoms with Crippen molar-refractivity contribution in [3.8, 4) is 0 Å². The molecule has 71 valence electrons. The van der Waals surface area contributed by atoms with E-state index in [0.29, 0.717) is 6.10 Å². The van der Waals surface area contributed by atoms with Gasteiger partial charge in [-0.15, -0.1) is 0 Å². The van der Waals surface area contributed by atoms with Crippen molar-refractivity contribution in [2.75, 3.05) is 0 Å². The maximum Gasteiger partial charge on any atom is 0.205 e. The molecule has 2 atom stereocenters. The van der Waals surface area contributed by atoms with Gasteiger partial charge in [-0.3, -0.25) is 0 Å². The lowest BCUT2D eigenvalue weighted by Gasteiger charge is -2.32. The van der Waals surface area contributed by atoms with E-state index < -0.39 is 9.04 Å². The van der Waals surface area contributed by atoms with Crippen LogP contribution in [-0.4, -0.2) is 15.1 Å². The van der Waals surface area contributed by atoms with Gasteiger partial charge in [0.05, 0.1) is 0 Å². The molecule has 0 aromatic rings. The van der Waals surface area contributed by atoms with E-state index in [9.17, 15) is 0 Å². The number of rotatable bonds is 2. The third kappa shape index (κ3) is 3.28. The predicted octanol–water partition coefficient (Wildman–Crippen LogP) is 3.08. The maximum absolute atomic E-state index is 5.93. The third-order valence-corrected chi connectivity index (χ3v) is 3.34. The highest BCUT2D eigenvalue weighted by atomic mass is 28.3. The predicted molar refractivity (Wildman–Crippen MR) is 54.5 cm³/mol. The minimum Gasteiger partial charge on any atom is -0.414 e. The van der Waals surface area contributed by atoms with E-state index in [1.165, 1.54) is 19.3 Å². The summed E-state index contributed by atoms with van der Waals surface area (Å²) >= 11 is 0. The molecule has 12 heavy (non-hydrogen) atoms. The summed E-state index contributed by atoms with van der Waals surface area (Å²) in [4.78, 5) is 0. The number of hydrogen-bond acceptors (Lipinski definition) is 1. The van der Waals surface area contributed by atoms with Gasteiger partial charge in [-0.2, -0.15) is 0 Å². The van der Waals surface area contributed by atoms with Crippen molar-refractivity contribution in [2.24, 2.45) is 11.8 Å². The van der Waals surface area contributed by atoms with Gasteiger partial charge in [0.1, 0.15) is 0 Å². The summed E-state index contributed by atoms with van der Waals surface area (Å²) in [7, 11) is -0.480. The minimum absolute atomic E-state index is 0.480. The summed E-state index contributed by atoms with van der Waals surface area (Å²) in [5.41, 5.74) is 0. The van der Waals surface area contributed by atoms with Crippen LogP contribution in [0.1, 0.15) is 33.1 Å². The van der Waals surface area contributed by atoms with E-state index in [1.54, 1.807) is 0 Å². The molecule has 0 spiro atoms. The summed E-state index contributed by atoms with van der Waals surface area (Å²) in [5, 5.41) is 0. The van der Waals surface area contributed by atoms with Gasteiger partial charge in [0.15, 0.2) is 0 Å². The normalized spacial score (nSPS) is 37.2. The van der Waals surface area contributed by atoms with Crippen LogP contribution in [0.4, 0.5) is 0 Å². The molecule has 0 bridgehead atoms. The van der Waals surface area contributed by atoms with Gasteiger partial charge in [0.2, 0.25) is 9.04 Å². The molecule has 1 rings (SSSR count). The largest absolute Gasteiger partial charge is 0.414 e. The summed E-state index contributed by atoms with van der Waals surface area (Å²) in [5.74, 6) is 1.75. The van der Waals surface area contributed by atoms with E-state index in [0.717, 1.165) is 11.8 Å². The van der Waals surface area contributed by atoms with Crippen LogP contribution >= 0.6 is 0 Å². The topological polar surface area (TPSA) is 9.23 Å². The van der Waals surface area contributed by atoms with E-state index in [2.05, 4.69) is 26.9 Å². The smallest absolute Gasteiger partial charge is 0.205 e. The van der Waals surface area contributed by atoms with Crippen LogP contribution < -0.4 is 0 Å². The molecule has 0 aromatic heterocycles. The zero-order chi connectivity index (χ0) is 9.14. The minimum atomic E-state index is -0.480. The van der Waals surface area contributed by atoms with Gasteiger partial charge in [0, 0.05) is 6.10 Å². The standard InChI is InChI=1S/C10H21OSi/c1-8-5-9(2)7-10(6-8)11-12(3)4/h8-10H,5-7H2,1-4H3. The molecule has 1 aliphatic rings. The lowest BCUT2D eigenvalue weighted by Crippen LogP contribution is -2.29. The van der Waals surface area contributed by atoms with E-state index in [1.807, 2.05) is 0 Å². The Morgan fingerprint density at radius 3 is 1.92 bits per heavy atom. The van der Waals surface area contributed by atoms with E-state index >= 15 is 0 Å². The molecule has 1 aliphatic carbocycles. The first kappa shape index (κ1) is 10.3. The SMILES string of the molecule is CC1CC(C)CC(O[Si](C)C)C1. The Bertz CT molecular complexity index is 123. The van der Waals surface area contributed by atoms with Gasteiger partial charge in [0.25, 0.3) is 0 Å². The molecule has 1 radical (unpaired) electrons. The molecule has 0 N–H and O–H groups in total. The third-order valence-electron chi connectivity index (χ3n) is 2.54. The lowest BCUT2D eigenvalue weighted by atomic mass is 9.82.